The van der Waals surface area contributed by atoms with Gasteiger partial charge in [-0.05, 0) is 37.5 Å². The lowest BCUT2D eigenvalue weighted by Crippen LogP contribution is -2.21. The van der Waals surface area contributed by atoms with Crippen LogP contribution in [0.25, 0.3) is 0 Å². The minimum atomic E-state index is -0.573. The maximum Gasteiger partial charge on any atom is 0.306 e. The molecule has 0 amide bonds. The maximum absolute atomic E-state index is 10.9. The normalized spacial score (nSPS) is 31.3. The van der Waals surface area contributed by atoms with Crippen molar-refractivity contribution < 1.29 is 9.90 Å². The minimum Gasteiger partial charge on any atom is -0.481 e. The highest BCUT2D eigenvalue weighted by Crippen LogP contribution is 2.35. The standard InChI is InChI=1S/C15H26O2/c16-15(17)14-10-8-13(9-11-14)7-6-12-4-2-1-3-5-12/h12-14H,1-11H2,(H,16,17). The molecule has 0 unspecified atom stereocenters. The van der Waals surface area contributed by atoms with E-state index in [9.17, 15) is 4.79 Å². The lowest BCUT2D eigenvalue weighted by molar-refractivity contribution is -0.143. The Balaban J connectivity index is 1.62. The van der Waals surface area contributed by atoms with E-state index < -0.39 is 5.97 Å². The first kappa shape index (κ1) is 12.9. The average molecular weight is 238 g/mol. The van der Waals surface area contributed by atoms with Gasteiger partial charge in [-0.25, -0.2) is 0 Å². The molecule has 0 saturated heterocycles. The molecule has 0 aromatic heterocycles. The second-order valence-corrected chi connectivity index (χ2v) is 6.14. The number of carboxylic acid groups (broad SMARTS) is 1. The molecule has 17 heavy (non-hydrogen) atoms. The monoisotopic (exact) mass is 238 g/mol. The highest BCUT2D eigenvalue weighted by molar-refractivity contribution is 5.69. The van der Waals surface area contributed by atoms with E-state index in [1.54, 1.807) is 0 Å². The Hall–Kier alpha value is -0.530. The first-order valence-electron chi connectivity index (χ1n) is 7.48. The van der Waals surface area contributed by atoms with Crippen LogP contribution in [0.1, 0.15) is 70.6 Å². The van der Waals surface area contributed by atoms with Crippen LogP contribution in [0.3, 0.4) is 0 Å². The smallest absolute Gasteiger partial charge is 0.306 e. The molecule has 0 aliphatic heterocycles. The van der Waals surface area contributed by atoms with Gasteiger partial charge in [0.1, 0.15) is 0 Å². The summed E-state index contributed by atoms with van der Waals surface area (Å²) in [6, 6.07) is 0. The molecule has 2 aliphatic rings. The van der Waals surface area contributed by atoms with Crippen molar-refractivity contribution in [1.29, 1.82) is 0 Å². The summed E-state index contributed by atoms with van der Waals surface area (Å²) in [6.45, 7) is 0. The zero-order valence-electron chi connectivity index (χ0n) is 10.9. The van der Waals surface area contributed by atoms with E-state index in [0.717, 1.165) is 37.5 Å². The second kappa shape index (κ2) is 6.42. The molecule has 0 aromatic carbocycles. The predicted octanol–water partition coefficient (Wildman–Crippen LogP) is 4.24. The SMILES string of the molecule is O=C(O)C1CCC(CCC2CCCCC2)CC1. The summed E-state index contributed by atoms with van der Waals surface area (Å²) in [7, 11) is 0. The van der Waals surface area contributed by atoms with Gasteiger partial charge in [0, 0.05) is 0 Å². The van der Waals surface area contributed by atoms with Crippen LogP contribution in [0.15, 0.2) is 0 Å². The summed E-state index contributed by atoms with van der Waals surface area (Å²) in [5, 5.41) is 8.96. The molecule has 2 saturated carbocycles. The Kier molecular flexibility index (Phi) is 4.87. The highest BCUT2D eigenvalue weighted by Gasteiger charge is 2.26. The molecule has 0 bridgehead atoms. The van der Waals surface area contributed by atoms with Crippen LogP contribution in [0.5, 0.6) is 0 Å². The molecule has 2 heteroatoms. The molecule has 1 N–H and O–H groups in total. The summed E-state index contributed by atoms with van der Waals surface area (Å²) in [5.74, 6) is 1.20. The van der Waals surface area contributed by atoms with Crippen LogP contribution in [0.2, 0.25) is 0 Å². The summed E-state index contributed by atoms with van der Waals surface area (Å²) < 4.78 is 0. The van der Waals surface area contributed by atoms with Crippen molar-refractivity contribution in [3.63, 3.8) is 0 Å². The first-order chi connectivity index (χ1) is 8.25. The number of carbonyl (C=O) groups is 1. The van der Waals surface area contributed by atoms with Crippen molar-refractivity contribution in [1.82, 2.24) is 0 Å². The van der Waals surface area contributed by atoms with Gasteiger partial charge in [-0.2, -0.15) is 0 Å². The topological polar surface area (TPSA) is 37.3 Å². The highest BCUT2D eigenvalue weighted by atomic mass is 16.4. The van der Waals surface area contributed by atoms with Crippen molar-refractivity contribution in [3.05, 3.63) is 0 Å². The van der Waals surface area contributed by atoms with Gasteiger partial charge in [-0.1, -0.05) is 44.9 Å². The fourth-order valence-electron chi connectivity index (χ4n) is 3.65. The van der Waals surface area contributed by atoms with E-state index in [2.05, 4.69) is 0 Å². The molecule has 0 aromatic rings. The number of aliphatic carboxylic acids is 1. The van der Waals surface area contributed by atoms with Gasteiger partial charge < -0.3 is 5.11 Å². The van der Waals surface area contributed by atoms with E-state index in [0.29, 0.717) is 0 Å². The first-order valence-corrected chi connectivity index (χ1v) is 7.48. The van der Waals surface area contributed by atoms with Crippen LogP contribution in [0, 0.1) is 17.8 Å². The van der Waals surface area contributed by atoms with Gasteiger partial charge in [0.25, 0.3) is 0 Å². The fourth-order valence-corrected chi connectivity index (χ4v) is 3.65. The van der Waals surface area contributed by atoms with Gasteiger partial charge in [0.2, 0.25) is 0 Å². The van der Waals surface area contributed by atoms with Crippen LogP contribution in [-0.2, 0) is 4.79 Å². The van der Waals surface area contributed by atoms with E-state index in [1.165, 1.54) is 44.9 Å². The number of hydrogen-bond acceptors (Lipinski definition) is 1. The zero-order chi connectivity index (χ0) is 12.1. The van der Waals surface area contributed by atoms with Crippen LogP contribution < -0.4 is 0 Å². The van der Waals surface area contributed by atoms with Crippen molar-refractivity contribution in [2.45, 2.75) is 70.6 Å². The average Bonchev–Trinajstić information content (AvgIpc) is 2.38. The van der Waals surface area contributed by atoms with Gasteiger partial charge in [-0.15, -0.1) is 0 Å². The Labute approximate surface area is 105 Å². The zero-order valence-corrected chi connectivity index (χ0v) is 10.9. The molecule has 2 fully saturated rings. The predicted molar refractivity (Wildman–Crippen MR) is 68.9 cm³/mol. The van der Waals surface area contributed by atoms with Crippen molar-refractivity contribution >= 4 is 5.97 Å². The fraction of sp³-hybridized carbons (Fsp3) is 0.933. The lowest BCUT2D eigenvalue weighted by Gasteiger charge is -2.28. The Morgan fingerprint density at radius 3 is 1.88 bits per heavy atom. The molecule has 2 aliphatic carbocycles. The lowest BCUT2D eigenvalue weighted by atomic mass is 9.77. The van der Waals surface area contributed by atoms with Crippen LogP contribution >= 0.6 is 0 Å². The Morgan fingerprint density at radius 2 is 1.35 bits per heavy atom. The number of hydrogen-bond donors (Lipinski definition) is 1. The van der Waals surface area contributed by atoms with Crippen molar-refractivity contribution in [3.8, 4) is 0 Å². The molecule has 0 spiro atoms. The van der Waals surface area contributed by atoms with Crippen molar-refractivity contribution in [2.24, 2.45) is 17.8 Å². The van der Waals surface area contributed by atoms with E-state index >= 15 is 0 Å². The summed E-state index contributed by atoms with van der Waals surface area (Å²) >= 11 is 0. The van der Waals surface area contributed by atoms with E-state index in [1.807, 2.05) is 0 Å². The molecule has 98 valence electrons. The molecule has 0 radical (unpaired) electrons. The van der Waals surface area contributed by atoms with E-state index in [-0.39, 0.29) is 5.92 Å². The quantitative estimate of drug-likeness (QED) is 0.795. The van der Waals surface area contributed by atoms with Crippen LogP contribution in [0.4, 0.5) is 0 Å². The molecule has 2 nitrogen and oxygen atoms in total. The minimum absolute atomic E-state index is 0.0408. The molecule has 2 rings (SSSR count). The van der Waals surface area contributed by atoms with Gasteiger partial charge >= 0.3 is 5.97 Å². The number of rotatable bonds is 4. The molecule has 0 heterocycles. The third kappa shape index (κ3) is 4.01. The maximum atomic E-state index is 10.9. The summed E-state index contributed by atoms with van der Waals surface area (Å²) in [4.78, 5) is 10.9. The Morgan fingerprint density at radius 1 is 0.824 bits per heavy atom. The van der Waals surface area contributed by atoms with Gasteiger partial charge in [0.05, 0.1) is 5.92 Å². The number of carboxylic acids is 1. The molecular formula is C15H26O2. The largest absolute Gasteiger partial charge is 0.481 e. The van der Waals surface area contributed by atoms with E-state index in [4.69, 9.17) is 5.11 Å². The molecular weight excluding hydrogens is 212 g/mol. The second-order valence-electron chi connectivity index (χ2n) is 6.14. The van der Waals surface area contributed by atoms with Crippen molar-refractivity contribution in [2.75, 3.05) is 0 Å². The van der Waals surface area contributed by atoms with Gasteiger partial charge in [0.15, 0.2) is 0 Å². The third-order valence-electron chi connectivity index (χ3n) is 4.90. The molecule has 0 atom stereocenters. The Bertz CT molecular complexity index is 235. The van der Waals surface area contributed by atoms with Gasteiger partial charge in [-0.3, -0.25) is 4.79 Å². The third-order valence-corrected chi connectivity index (χ3v) is 4.90. The summed E-state index contributed by atoms with van der Waals surface area (Å²) in [5.41, 5.74) is 0. The van der Waals surface area contributed by atoms with Crippen LogP contribution in [-0.4, -0.2) is 11.1 Å². The summed E-state index contributed by atoms with van der Waals surface area (Å²) in [6.07, 6.45) is 14.1.